The second kappa shape index (κ2) is 8.35. The van der Waals surface area contributed by atoms with Crippen molar-refractivity contribution >= 4 is 0 Å². The molecule has 0 fully saturated rings. The van der Waals surface area contributed by atoms with Gasteiger partial charge in [0.25, 0.3) is 0 Å². The summed E-state index contributed by atoms with van der Waals surface area (Å²) in [5, 5.41) is 0. The second-order valence-corrected chi connectivity index (χ2v) is 3.82. The molecule has 94 valence electrons. The van der Waals surface area contributed by atoms with Crippen LogP contribution in [0, 0.1) is 0 Å². The van der Waals surface area contributed by atoms with Crippen molar-refractivity contribution in [3.05, 3.63) is 60.2 Å². The number of hydrogen-bond donors (Lipinski definition) is 0. The summed E-state index contributed by atoms with van der Waals surface area (Å²) in [5.74, 6) is 0. The predicted molar refractivity (Wildman–Crippen MR) is 66.2 cm³/mol. The molecule has 1 nitrogen and oxygen atoms in total. The van der Waals surface area contributed by atoms with Crippen molar-refractivity contribution in [3.63, 3.8) is 0 Å². The van der Waals surface area contributed by atoms with E-state index in [1.54, 1.807) is 0 Å². The third kappa shape index (κ3) is 5.31. The van der Waals surface area contributed by atoms with E-state index in [1.807, 2.05) is 30.3 Å². The number of rotatable bonds is 2. The van der Waals surface area contributed by atoms with Crippen molar-refractivity contribution < 1.29 is 17.1 Å². The van der Waals surface area contributed by atoms with Gasteiger partial charge in [-0.15, -0.1) is 5.56 Å². The van der Waals surface area contributed by atoms with Crippen LogP contribution in [0.4, 0.5) is 0 Å². The van der Waals surface area contributed by atoms with Gasteiger partial charge in [0, 0.05) is 17.1 Å². The first kappa shape index (κ1) is 15.2. The first-order valence-corrected chi connectivity index (χ1v) is 5.26. The molecule has 0 aromatic heterocycles. The van der Waals surface area contributed by atoms with Gasteiger partial charge in [-0.1, -0.05) is 6.92 Å². The summed E-state index contributed by atoms with van der Waals surface area (Å²) in [6, 6.07) is 19.0. The van der Waals surface area contributed by atoms with E-state index in [2.05, 4.69) is 50.2 Å². The van der Waals surface area contributed by atoms with Crippen LogP contribution in [0.2, 0.25) is 0 Å². The zero-order chi connectivity index (χ0) is 11.1. The molecule has 0 amide bonds. The van der Waals surface area contributed by atoms with Crippen molar-refractivity contribution in [1.82, 2.24) is 4.90 Å². The molecule has 16 heavy (non-hydrogen) atoms. The topological polar surface area (TPSA) is 3.24 Å². The Labute approximate surface area is 109 Å². The van der Waals surface area contributed by atoms with Gasteiger partial charge in [0.1, 0.15) is 0 Å². The summed E-state index contributed by atoms with van der Waals surface area (Å²) >= 11 is 0. The summed E-state index contributed by atoms with van der Waals surface area (Å²) in [4.78, 5) is 2.20. The summed E-state index contributed by atoms with van der Waals surface area (Å²) in [6.07, 6.45) is 0. The summed E-state index contributed by atoms with van der Waals surface area (Å²) in [6.45, 7) is 2.20. The maximum Gasteiger partial charge on any atom is 0 e. The number of nitrogens with zero attached hydrogens (tertiary/aromatic N) is 1. The van der Waals surface area contributed by atoms with Crippen molar-refractivity contribution in [1.29, 1.82) is 0 Å². The van der Waals surface area contributed by atoms with Crippen LogP contribution in [-0.2, 0) is 17.1 Å². The molecule has 2 aromatic carbocycles. The number of hydrogen-bond acceptors (Lipinski definition) is 1. The molecule has 0 radical (unpaired) electrons. The van der Waals surface area contributed by atoms with Crippen LogP contribution in [0.5, 0.6) is 0 Å². The molecular weight excluding hydrogens is 238 g/mol. The van der Waals surface area contributed by atoms with Gasteiger partial charge in [0.2, 0.25) is 0 Å². The minimum atomic E-state index is 0. The van der Waals surface area contributed by atoms with Crippen molar-refractivity contribution in [2.45, 2.75) is 13.0 Å². The van der Waals surface area contributed by atoms with Gasteiger partial charge in [-0.05, 0) is 20.1 Å². The summed E-state index contributed by atoms with van der Waals surface area (Å²) in [5.41, 5.74) is 1.39. The van der Waals surface area contributed by atoms with Gasteiger partial charge in [0.15, 0.2) is 0 Å². The molecule has 2 aromatic rings. The minimum absolute atomic E-state index is 0. The fourth-order valence-electron chi connectivity index (χ4n) is 1.29. The van der Waals surface area contributed by atoms with E-state index in [-0.39, 0.29) is 17.1 Å². The van der Waals surface area contributed by atoms with E-state index < -0.39 is 0 Å². The molecule has 0 saturated carbocycles. The van der Waals surface area contributed by atoms with E-state index in [1.165, 1.54) is 5.56 Å². The SMILES string of the molecule is CC([c-]1cccc1)N(C)C.[Fe].[cH-]1[cH-][cH-][cH-][cH-]1. The van der Waals surface area contributed by atoms with E-state index in [0.717, 1.165) is 0 Å². The molecule has 0 heterocycles. The minimum Gasteiger partial charge on any atom is -0.748 e. The maximum absolute atomic E-state index is 2.20. The Bertz CT molecular complexity index is 304. The Morgan fingerprint density at radius 1 is 0.938 bits per heavy atom. The van der Waals surface area contributed by atoms with Gasteiger partial charge in [-0.3, -0.25) is 0 Å². The average Bonchev–Trinajstić information content (AvgIpc) is 2.92. The normalized spacial score (nSPS) is 11.2. The molecule has 2 rings (SSSR count). The Kier molecular flexibility index (Phi) is 7.92. The molecule has 0 saturated heterocycles. The predicted octanol–water partition coefficient (Wildman–Crippen LogP) is 3.43. The monoisotopic (exact) mass is 257 g/mol. The molecule has 2 heteroatoms. The zero-order valence-corrected chi connectivity index (χ0v) is 11.2. The van der Waals surface area contributed by atoms with E-state index in [4.69, 9.17) is 0 Å². The largest absolute Gasteiger partial charge is 0.748 e. The van der Waals surface area contributed by atoms with Gasteiger partial charge < -0.3 is 35.2 Å². The first-order valence-electron chi connectivity index (χ1n) is 5.26. The van der Waals surface area contributed by atoms with E-state index >= 15 is 0 Å². The van der Waals surface area contributed by atoms with Crippen LogP contribution in [0.15, 0.2) is 54.6 Å². The van der Waals surface area contributed by atoms with Gasteiger partial charge in [-0.2, -0.15) is 12.1 Å². The molecule has 0 aliphatic carbocycles. The summed E-state index contributed by atoms with van der Waals surface area (Å²) < 4.78 is 0. The second-order valence-electron chi connectivity index (χ2n) is 3.82. The Morgan fingerprint density at radius 3 is 1.62 bits per heavy atom. The zero-order valence-electron chi connectivity index (χ0n) is 10.1. The average molecular weight is 257 g/mol. The van der Waals surface area contributed by atoms with Crippen molar-refractivity contribution in [3.8, 4) is 0 Å². The Morgan fingerprint density at radius 2 is 1.31 bits per heavy atom. The Balaban J connectivity index is 0.000000318. The van der Waals surface area contributed by atoms with Crippen LogP contribution in [0.1, 0.15) is 18.5 Å². The maximum atomic E-state index is 2.20. The first-order chi connectivity index (χ1) is 7.22. The fourth-order valence-corrected chi connectivity index (χ4v) is 1.29. The van der Waals surface area contributed by atoms with E-state index in [9.17, 15) is 0 Å². The van der Waals surface area contributed by atoms with E-state index in [0.29, 0.717) is 6.04 Å². The third-order valence-electron chi connectivity index (χ3n) is 2.50. The molecule has 1 unspecified atom stereocenters. The van der Waals surface area contributed by atoms with Crippen molar-refractivity contribution in [2.75, 3.05) is 14.1 Å². The van der Waals surface area contributed by atoms with Gasteiger partial charge in [-0.25, -0.2) is 12.1 Å². The quantitative estimate of drug-likeness (QED) is 0.588. The molecule has 0 N–H and O–H groups in total. The van der Waals surface area contributed by atoms with Gasteiger partial charge in [0.05, 0.1) is 0 Å². The smallest absolute Gasteiger partial charge is 0 e. The third-order valence-corrected chi connectivity index (χ3v) is 2.50. The molecule has 0 spiro atoms. The van der Waals surface area contributed by atoms with Gasteiger partial charge >= 0.3 is 0 Å². The Hall–Kier alpha value is -0.821. The van der Waals surface area contributed by atoms with Crippen LogP contribution in [0.3, 0.4) is 0 Å². The van der Waals surface area contributed by atoms with Crippen molar-refractivity contribution in [2.24, 2.45) is 0 Å². The van der Waals surface area contributed by atoms with Crippen LogP contribution in [-0.4, -0.2) is 19.0 Å². The van der Waals surface area contributed by atoms with Crippen LogP contribution in [0.25, 0.3) is 0 Å². The summed E-state index contributed by atoms with van der Waals surface area (Å²) in [7, 11) is 4.19. The molecule has 0 aliphatic rings. The molecule has 0 bridgehead atoms. The van der Waals surface area contributed by atoms with Crippen LogP contribution < -0.4 is 0 Å². The standard InChI is InChI=1S/C9H14N.C5H5.Fe/c1-8(10(2)3)9-6-4-5-7-9;1-2-4-5-3-1;/h4-8H,1-3H3;1-5H;/q-1;-5;. The molecular formula is C14H19FeN-6. The molecule has 0 aliphatic heterocycles. The van der Waals surface area contributed by atoms with Crippen LogP contribution >= 0.6 is 0 Å². The molecule has 1 atom stereocenters. The fraction of sp³-hybridized carbons (Fsp3) is 0.286.